The number of nitrogens with zero attached hydrogens (tertiary/aromatic N) is 1. The fourth-order valence-electron chi connectivity index (χ4n) is 2.16. The summed E-state index contributed by atoms with van der Waals surface area (Å²) in [5.41, 5.74) is 0.842. The fourth-order valence-corrected chi connectivity index (χ4v) is 2.48. The summed E-state index contributed by atoms with van der Waals surface area (Å²) in [6.45, 7) is 6.54. The van der Waals surface area contributed by atoms with Gasteiger partial charge in [-0.05, 0) is 31.0 Å². The SMILES string of the molecule is CCCCNC(=O)[C@H](C)N(Cc1ccc(Cl)c(Cl)c1)C(=O)CC. The molecule has 0 spiro atoms. The van der Waals surface area contributed by atoms with Gasteiger partial charge in [-0.25, -0.2) is 0 Å². The number of carbonyl (C=O) groups excluding carboxylic acids is 2. The van der Waals surface area contributed by atoms with Crippen LogP contribution in [-0.2, 0) is 16.1 Å². The highest BCUT2D eigenvalue weighted by Gasteiger charge is 2.24. The van der Waals surface area contributed by atoms with Crippen molar-refractivity contribution >= 4 is 35.0 Å². The zero-order chi connectivity index (χ0) is 17.4. The minimum absolute atomic E-state index is 0.0748. The maximum Gasteiger partial charge on any atom is 0.242 e. The van der Waals surface area contributed by atoms with Crippen molar-refractivity contribution in [3.05, 3.63) is 33.8 Å². The Bertz CT molecular complexity index is 549. The molecule has 1 N–H and O–H groups in total. The first-order valence-electron chi connectivity index (χ1n) is 7.91. The number of unbranched alkanes of at least 4 members (excludes halogenated alkanes) is 1. The van der Waals surface area contributed by atoms with Crippen molar-refractivity contribution in [3.8, 4) is 0 Å². The molecule has 0 aliphatic carbocycles. The van der Waals surface area contributed by atoms with Crippen LogP contribution in [0.5, 0.6) is 0 Å². The summed E-state index contributed by atoms with van der Waals surface area (Å²) < 4.78 is 0. The number of hydrogen-bond acceptors (Lipinski definition) is 2. The number of rotatable bonds is 8. The molecule has 1 aromatic carbocycles. The highest BCUT2D eigenvalue weighted by molar-refractivity contribution is 6.42. The third-order valence-corrected chi connectivity index (χ3v) is 4.38. The third kappa shape index (κ3) is 6.04. The Hall–Kier alpha value is -1.26. The van der Waals surface area contributed by atoms with Gasteiger partial charge in [0.2, 0.25) is 11.8 Å². The maximum absolute atomic E-state index is 12.2. The summed E-state index contributed by atoms with van der Waals surface area (Å²) in [7, 11) is 0. The van der Waals surface area contributed by atoms with Gasteiger partial charge in [0.05, 0.1) is 10.0 Å². The Kier molecular flexibility index (Phi) is 8.42. The molecule has 0 aliphatic heterocycles. The normalized spacial score (nSPS) is 11.9. The molecule has 0 aliphatic rings. The lowest BCUT2D eigenvalue weighted by Gasteiger charge is -2.28. The van der Waals surface area contributed by atoms with Crippen LogP contribution in [0, 0.1) is 0 Å². The lowest BCUT2D eigenvalue weighted by Crippen LogP contribution is -2.47. The average molecular weight is 359 g/mol. The zero-order valence-electron chi connectivity index (χ0n) is 13.9. The van der Waals surface area contributed by atoms with E-state index in [1.165, 1.54) is 0 Å². The van der Waals surface area contributed by atoms with Gasteiger partial charge in [0.1, 0.15) is 6.04 Å². The van der Waals surface area contributed by atoms with Crippen LogP contribution >= 0.6 is 23.2 Å². The summed E-state index contributed by atoms with van der Waals surface area (Å²) in [4.78, 5) is 26.0. The van der Waals surface area contributed by atoms with Gasteiger partial charge in [0.15, 0.2) is 0 Å². The molecule has 128 valence electrons. The molecule has 0 saturated heterocycles. The van der Waals surface area contributed by atoms with E-state index >= 15 is 0 Å². The van der Waals surface area contributed by atoms with Gasteiger partial charge < -0.3 is 10.2 Å². The molecule has 0 bridgehead atoms. The number of halogens is 2. The second-order valence-corrected chi connectivity index (χ2v) is 6.26. The van der Waals surface area contributed by atoms with Crippen LogP contribution in [0.4, 0.5) is 0 Å². The molecule has 6 heteroatoms. The first-order valence-corrected chi connectivity index (χ1v) is 8.67. The molecule has 1 rings (SSSR count). The third-order valence-electron chi connectivity index (χ3n) is 3.64. The summed E-state index contributed by atoms with van der Waals surface area (Å²) in [5.74, 6) is -0.213. The lowest BCUT2D eigenvalue weighted by atomic mass is 10.1. The van der Waals surface area contributed by atoms with Crippen LogP contribution in [0.3, 0.4) is 0 Å². The van der Waals surface area contributed by atoms with Gasteiger partial charge in [-0.3, -0.25) is 9.59 Å². The van der Waals surface area contributed by atoms with Crippen molar-refractivity contribution in [3.63, 3.8) is 0 Å². The van der Waals surface area contributed by atoms with Gasteiger partial charge in [0.25, 0.3) is 0 Å². The molecule has 23 heavy (non-hydrogen) atoms. The number of hydrogen-bond donors (Lipinski definition) is 1. The Morgan fingerprint density at radius 2 is 1.91 bits per heavy atom. The topological polar surface area (TPSA) is 49.4 Å². The summed E-state index contributed by atoms with van der Waals surface area (Å²) in [5, 5.41) is 3.77. The van der Waals surface area contributed by atoms with Gasteiger partial charge in [-0.2, -0.15) is 0 Å². The maximum atomic E-state index is 12.2. The number of amides is 2. The fraction of sp³-hybridized carbons (Fsp3) is 0.529. The van der Waals surface area contributed by atoms with Crippen LogP contribution in [0.15, 0.2) is 18.2 Å². The molecule has 1 atom stereocenters. The molecule has 0 aromatic heterocycles. The quantitative estimate of drug-likeness (QED) is 0.713. The van der Waals surface area contributed by atoms with Crippen LogP contribution in [0.2, 0.25) is 10.0 Å². The van der Waals surface area contributed by atoms with Crippen LogP contribution in [0.25, 0.3) is 0 Å². The molecule has 0 heterocycles. The van der Waals surface area contributed by atoms with Gasteiger partial charge >= 0.3 is 0 Å². The minimum Gasteiger partial charge on any atom is -0.354 e. The summed E-state index contributed by atoms with van der Waals surface area (Å²) in [6, 6.07) is 4.70. The van der Waals surface area contributed by atoms with Crippen molar-refractivity contribution in [2.75, 3.05) is 6.54 Å². The predicted molar refractivity (Wildman–Crippen MR) is 94.7 cm³/mol. The molecule has 4 nitrogen and oxygen atoms in total. The minimum atomic E-state index is -0.534. The van der Waals surface area contributed by atoms with Gasteiger partial charge in [-0.1, -0.05) is 49.5 Å². The van der Waals surface area contributed by atoms with E-state index in [-0.39, 0.29) is 11.8 Å². The van der Waals surface area contributed by atoms with E-state index in [1.807, 2.05) is 6.07 Å². The molecular formula is C17H24Cl2N2O2. The van der Waals surface area contributed by atoms with Crippen molar-refractivity contribution in [2.24, 2.45) is 0 Å². The standard InChI is InChI=1S/C17H24Cl2N2O2/c1-4-6-9-20-17(23)12(3)21(16(22)5-2)11-13-7-8-14(18)15(19)10-13/h7-8,10,12H,4-6,9,11H2,1-3H3,(H,20,23)/t12-/m0/s1. The Balaban J connectivity index is 2.84. The van der Waals surface area contributed by atoms with E-state index in [0.717, 1.165) is 18.4 Å². The first kappa shape index (κ1) is 19.8. The van der Waals surface area contributed by atoms with Gasteiger partial charge in [0, 0.05) is 19.5 Å². The van der Waals surface area contributed by atoms with Crippen molar-refractivity contribution in [1.29, 1.82) is 0 Å². The van der Waals surface area contributed by atoms with Crippen LogP contribution in [0.1, 0.15) is 45.6 Å². The van der Waals surface area contributed by atoms with Crippen molar-refractivity contribution < 1.29 is 9.59 Å². The smallest absolute Gasteiger partial charge is 0.242 e. The monoisotopic (exact) mass is 358 g/mol. The Morgan fingerprint density at radius 1 is 1.22 bits per heavy atom. The lowest BCUT2D eigenvalue weighted by molar-refractivity contribution is -0.140. The second-order valence-electron chi connectivity index (χ2n) is 5.44. The average Bonchev–Trinajstić information content (AvgIpc) is 2.54. The van der Waals surface area contributed by atoms with E-state index in [9.17, 15) is 9.59 Å². The molecule has 0 radical (unpaired) electrons. The van der Waals surface area contributed by atoms with E-state index in [4.69, 9.17) is 23.2 Å². The largest absolute Gasteiger partial charge is 0.354 e. The molecule has 0 unspecified atom stereocenters. The van der Waals surface area contributed by atoms with Gasteiger partial charge in [-0.15, -0.1) is 0 Å². The second kappa shape index (κ2) is 9.78. The van der Waals surface area contributed by atoms with E-state index in [0.29, 0.717) is 29.6 Å². The van der Waals surface area contributed by atoms with Crippen molar-refractivity contribution in [2.45, 2.75) is 52.6 Å². The Labute approximate surface area is 148 Å². The van der Waals surface area contributed by atoms with E-state index < -0.39 is 6.04 Å². The predicted octanol–water partition coefficient (Wildman–Crippen LogP) is 4.04. The summed E-state index contributed by atoms with van der Waals surface area (Å²) >= 11 is 11.9. The van der Waals surface area contributed by atoms with E-state index in [2.05, 4.69) is 12.2 Å². The molecule has 0 fully saturated rings. The Morgan fingerprint density at radius 3 is 2.48 bits per heavy atom. The number of nitrogens with one attached hydrogen (secondary N) is 1. The number of carbonyl (C=O) groups is 2. The van der Waals surface area contributed by atoms with Crippen LogP contribution in [-0.4, -0.2) is 29.3 Å². The van der Waals surface area contributed by atoms with E-state index in [1.54, 1.807) is 30.9 Å². The first-order chi connectivity index (χ1) is 10.9. The van der Waals surface area contributed by atoms with Crippen LogP contribution < -0.4 is 5.32 Å². The highest BCUT2D eigenvalue weighted by atomic mass is 35.5. The zero-order valence-corrected chi connectivity index (χ0v) is 15.4. The van der Waals surface area contributed by atoms with Crippen molar-refractivity contribution in [1.82, 2.24) is 10.2 Å². The molecule has 1 aromatic rings. The molecule has 0 saturated carbocycles. The molecule has 2 amide bonds. The summed E-state index contributed by atoms with van der Waals surface area (Å²) in [6.07, 6.45) is 2.27. The highest BCUT2D eigenvalue weighted by Crippen LogP contribution is 2.23. The molecular weight excluding hydrogens is 335 g/mol. The number of benzene rings is 1.